The lowest BCUT2D eigenvalue weighted by molar-refractivity contribution is -0.134. The van der Waals surface area contributed by atoms with E-state index < -0.39 is 0 Å². The molecule has 2 fully saturated rings. The van der Waals surface area contributed by atoms with Crippen molar-refractivity contribution in [1.29, 1.82) is 0 Å². The molecule has 2 rings (SSSR count). The maximum Gasteiger partial charge on any atom is 0.224 e. The predicted octanol–water partition coefficient (Wildman–Crippen LogP) is 2.17. The van der Waals surface area contributed by atoms with E-state index in [-0.39, 0.29) is 5.91 Å². The molecule has 28 heavy (non-hydrogen) atoms. The fourth-order valence-corrected chi connectivity index (χ4v) is 3.76. The van der Waals surface area contributed by atoms with Crippen LogP contribution in [0.4, 0.5) is 0 Å². The van der Waals surface area contributed by atoms with Gasteiger partial charge in [0.05, 0.1) is 0 Å². The zero-order valence-electron chi connectivity index (χ0n) is 17.9. The number of amides is 1. The first-order valence-corrected chi connectivity index (χ1v) is 11.2. The summed E-state index contributed by atoms with van der Waals surface area (Å²) in [6, 6.07) is 0.379. The minimum atomic E-state index is 0.247. The highest BCUT2D eigenvalue weighted by atomic mass is 16.5. The zero-order chi connectivity index (χ0) is 20.0. The van der Waals surface area contributed by atoms with E-state index in [4.69, 9.17) is 9.47 Å². The normalized spacial score (nSPS) is 21.6. The number of carbonyl (C=O) groups excluding carboxylic acids is 1. The highest BCUT2D eigenvalue weighted by Gasteiger charge is 2.22. The molecule has 0 radical (unpaired) electrons. The van der Waals surface area contributed by atoms with Crippen molar-refractivity contribution in [2.45, 2.75) is 64.8 Å². The van der Waals surface area contributed by atoms with Gasteiger partial charge in [0.15, 0.2) is 5.96 Å². The first-order chi connectivity index (χ1) is 13.7. The van der Waals surface area contributed by atoms with Gasteiger partial charge in [-0.25, -0.2) is 0 Å². The Morgan fingerprint density at radius 1 is 1.21 bits per heavy atom. The third-order valence-corrected chi connectivity index (χ3v) is 5.51. The molecule has 0 bridgehead atoms. The second kappa shape index (κ2) is 13.8. The molecule has 1 amide bonds. The number of carbonyl (C=O) groups is 1. The van der Waals surface area contributed by atoms with E-state index in [1.807, 2.05) is 4.90 Å². The van der Waals surface area contributed by atoms with Crippen molar-refractivity contribution in [3.8, 4) is 0 Å². The number of likely N-dealkylation sites (tertiary alicyclic amines) is 1. The van der Waals surface area contributed by atoms with E-state index in [0.717, 1.165) is 84.1 Å². The van der Waals surface area contributed by atoms with Crippen LogP contribution in [0.5, 0.6) is 0 Å². The lowest BCUT2D eigenvalue weighted by Crippen LogP contribution is -2.44. The maximum atomic E-state index is 12.4. The van der Waals surface area contributed by atoms with E-state index in [1.165, 1.54) is 6.42 Å². The number of aliphatic imine (C=N–C) groups is 1. The SMILES string of the molecule is CCNC(=NCCCOCC1CCOCC1)NCCC(=O)N1CCCCC1C. The largest absolute Gasteiger partial charge is 0.381 e. The fourth-order valence-electron chi connectivity index (χ4n) is 3.76. The second-order valence-corrected chi connectivity index (χ2v) is 7.85. The first kappa shape index (κ1) is 22.9. The van der Waals surface area contributed by atoms with E-state index in [9.17, 15) is 4.79 Å². The molecule has 7 nitrogen and oxygen atoms in total. The van der Waals surface area contributed by atoms with Crippen LogP contribution in [-0.4, -0.2) is 75.4 Å². The summed E-state index contributed by atoms with van der Waals surface area (Å²) >= 11 is 0. The summed E-state index contributed by atoms with van der Waals surface area (Å²) in [5.74, 6) is 1.68. The molecule has 2 N–H and O–H groups in total. The zero-order valence-corrected chi connectivity index (χ0v) is 17.9. The van der Waals surface area contributed by atoms with Crippen LogP contribution in [0.1, 0.15) is 58.8 Å². The second-order valence-electron chi connectivity index (χ2n) is 7.85. The summed E-state index contributed by atoms with van der Waals surface area (Å²) in [4.78, 5) is 19.0. The number of guanidine groups is 1. The lowest BCUT2D eigenvalue weighted by atomic mass is 10.0. The summed E-state index contributed by atoms with van der Waals surface area (Å²) < 4.78 is 11.2. The third-order valence-electron chi connectivity index (χ3n) is 5.51. The van der Waals surface area contributed by atoms with Gasteiger partial charge in [0, 0.05) is 65.1 Å². The Morgan fingerprint density at radius 3 is 2.79 bits per heavy atom. The minimum Gasteiger partial charge on any atom is -0.381 e. The van der Waals surface area contributed by atoms with Gasteiger partial charge in [-0.2, -0.15) is 0 Å². The van der Waals surface area contributed by atoms with Crippen molar-refractivity contribution in [3.63, 3.8) is 0 Å². The van der Waals surface area contributed by atoms with E-state index in [0.29, 0.717) is 24.9 Å². The minimum absolute atomic E-state index is 0.247. The molecule has 2 saturated heterocycles. The predicted molar refractivity (Wildman–Crippen MR) is 113 cm³/mol. The summed E-state index contributed by atoms with van der Waals surface area (Å²) in [7, 11) is 0. The van der Waals surface area contributed by atoms with Gasteiger partial charge in [-0.1, -0.05) is 0 Å². The molecule has 2 heterocycles. The quantitative estimate of drug-likeness (QED) is 0.336. The Bertz CT molecular complexity index is 467. The van der Waals surface area contributed by atoms with Crippen molar-refractivity contribution in [1.82, 2.24) is 15.5 Å². The van der Waals surface area contributed by atoms with Gasteiger partial charge in [-0.05, 0) is 58.3 Å². The Hall–Kier alpha value is -1.34. The molecule has 1 unspecified atom stereocenters. The van der Waals surface area contributed by atoms with E-state index >= 15 is 0 Å². The van der Waals surface area contributed by atoms with Crippen molar-refractivity contribution in [2.75, 3.05) is 52.6 Å². The molecule has 0 spiro atoms. The lowest BCUT2D eigenvalue weighted by Gasteiger charge is -2.33. The number of hydrogen-bond donors (Lipinski definition) is 2. The summed E-state index contributed by atoms with van der Waals surface area (Å²) in [6.45, 7) is 10.6. The molecule has 0 aliphatic carbocycles. The molecule has 0 aromatic rings. The number of piperidine rings is 1. The van der Waals surface area contributed by atoms with Gasteiger partial charge >= 0.3 is 0 Å². The van der Waals surface area contributed by atoms with Crippen molar-refractivity contribution < 1.29 is 14.3 Å². The number of nitrogens with zero attached hydrogens (tertiary/aromatic N) is 2. The van der Waals surface area contributed by atoms with Crippen LogP contribution in [0.2, 0.25) is 0 Å². The number of hydrogen-bond acceptors (Lipinski definition) is 4. The topological polar surface area (TPSA) is 75.2 Å². The molecule has 0 aromatic carbocycles. The molecule has 2 aliphatic rings. The van der Waals surface area contributed by atoms with Crippen LogP contribution in [-0.2, 0) is 14.3 Å². The van der Waals surface area contributed by atoms with Gasteiger partial charge in [0.25, 0.3) is 0 Å². The van der Waals surface area contributed by atoms with Crippen molar-refractivity contribution in [3.05, 3.63) is 0 Å². The molecule has 1 atom stereocenters. The average molecular weight is 397 g/mol. The Labute approximate surface area is 170 Å². The van der Waals surface area contributed by atoms with Gasteiger partial charge < -0.3 is 25.0 Å². The molecule has 0 aromatic heterocycles. The van der Waals surface area contributed by atoms with Crippen LogP contribution in [0.3, 0.4) is 0 Å². The monoisotopic (exact) mass is 396 g/mol. The van der Waals surface area contributed by atoms with Gasteiger partial charge in [-0.15, -0.1) is 0 Å². The Balaban J connectivity index is 1.58. The third kappa shape index (κ3) is 8.78. The molecule has 0 saturated carbocycles. The molecular formula is C21H40N4O3. The van der Waals surface area contributed by atoms with Gasteiger partial charge in [0.1, 0.15) is 0 Å². The molecular weight excluding hydrogens is 356 g/mol. The van der Waals surface area contributed by atoms with E-state index in [2.05, 4.69) is 29.5 Å². The summed E-state index contributed by atoms with van der Waals surface area (Å²) in [5.41, 5.74) is 0. The Kier molecular flexibility index (Phi) is 11.3. The summed E-state index contributed by atoms with van der Waals surface area (Å²) in [5, 5.41) is 6.53. The highest BCUT2D eigenvalue weighted by molar-refractivity contribution is 5.81. The molecule has 7 heteroatoms. The van der Waals surface area contributed by atoms with Crippen molar-refractivity contribution in [2.24, 2.45) is 10.9 Å². The van der Waals surface area contributed by atoms with Crippen LogP contribution in [0, 0.1) is 5.92 Å². The molecule has 162 valence electrons. The molecule has 2 aliphatic heterocycles. The van der Waals surface area contributed by atoms with Gasteiger partial charge in [-0.3, -0.25) is 9.79 Å². The fraction of sp³-hybridized carbons (Fsp3) is 0.905. The first-order valence-electron chi connectivity index (χ1n) is 11.2. The number of nitrogens with one attached hydrogen (secondary N) is 2. The maximum absolute atomic E-state index is 12.4. The van der Waals surface area contributed by atoms with E-state index in [1.54, 1.807) is 0 Å². The van der Waals surface area contributed by atoms with Crippen LogP contribution in [0.15, 0.2) is 4.99 Å². The van der Waals surface area contributed by atoms with Crippen LogP contribution >= 0.6 is 0 Å². The van der Waals surface area contributed by atoms with Crippen molar-refractivity contribution >= 4 is 11.9 Å². The standard InChI is InChI=1S/C21H40N4O3/c1-3-22-21(23-11-6-14-28-17-19-9-15-27-16-10-19)24-12-8-20(26)25-13-5-4-7-18(25)2/h18-19H,3-17H2,1-2H3,(H2,22,23,24). The van der Waals surface area contributed by atoms with Crippen LogP contribution < -0.4 is 10.6 Å². The van der Waals surface area contributed by atoms with Gasteiger partial charge in [0.2, 0.25) is 5.91 Å². The highest BCUT2D eigenvalue weighted by Crippen LogP contribution is 2.17. The average Bonchev–Trinajstić information content (AvgIpc) is 2.71. The Morgan fingerprint density at radius 2 is 2.04 bits per heavy atom. The van der Waals surface area contributed by atoms with Crippen LogP contribution in [0.25, 0.3) is 0 Å². The number of rotatable bonds is 10. The summed E-state index contributed by atoms with van der Waals surface area (Å²) in [6.07, 6.45) is 7.14. The smallest absolute Gasteiger partial charge is 0.224 e. The number of ether oxygens (including phenoxy) is 2.